The van der Waals surface area contributed by atoms with Crippen molar-refractivity contribution in [3.63, 3.8) is 0 Å². The molecule has 3 aromatic carbocycles. The molecule has 0 saturated carbocycles. The molecule has 0 radical (unpaired) electrons. The molecule has 3 aromatic rings. The first kappa shape index (κ1) is 23.6. The lowest BCUT2D eigenvalue weighted by Gasteiger charge is -2.14. The van der Waals surface area contributed by atoms with Gasteiger partial charge in [-0.1, -0.05) is 12.1 Å². The van der Waals surface area contributed by atoms with E-state index in [0.717, 1.165) is 0 Å². The van der Waals surface area contributed by atoms with Gasteiger partial charge in [-0.05, 0) is 42.5 Å². The molecule has 1 amide bonds. The van der Waals surface area contributed by atoms with Gasteiger partial charge in [-0.3, -0.25) is 9.59 Å². The molecule has 4 rings (SSSR count). The molecule has 1 N–H and O–H groups in total. The zero-order valence-electron chi connectivity index (χ0n) is 19.2. The van der Waals surface area contributed by atoms with E-state index >= 15 is 0 Å². The summed E-state index contributed by atoms with van der Waals surface area (Å²) in [5.74, 6) is 0.533. The van der Waals surface area contributed by atoms with Crippen LogP contribution in [-0.2, 0) is 4.79 Å². The second-order valence-corrected chi connectivity index (χ2v) is 7.34. The number of amides is 1. The first-order chi connectivity index (χ1) is 16.9. The number of benzene rings is 3. The SMILES string of the molecule is COc1ccc(C=C2Oc3cc(OCC(=O)Nc4ccccc4F)ccc3C2=O)c(OC)c1OC. The first-order valence-corrected chi connectivity index (χ1v) is 10.5. The van der Waals surface area contributed by atoms with Gasteiger partial charge in [0.05, 0.1) is 32.6 Å². The quantitative estimate of drug-likeness (QED) is 0.476. The van der Waals surface area contributed by atoms with Crippen LogP contribution < -0.4 is 29.0 Å². The molecular formula is C26H22FNO7. The van der Waals surface area contributed by atoms with Crippen molar-refractivity contribution < 1.29 is 37.7 Å². The number of fused-ring (bicyclic) bond motifs is 1. The number of methoxy groups -OCH3 is 3. The average Bonchev–Trinajstić information content (AvgIpc) is 3.18. The zero-order valence-corrected chi connectivity index (χ0v) is 19.2. The summed E-state index contributed by atoms with van der Waals surface area (Å²) in [5, 5.41) is 2.44. The van der Waals surface area contributed by atoms with Gasteiger partial charge in [-0.15, -0.1) is 0 Å². The first-order valence-electron chi connectivity index (χ1n) is 10.5. The van der Waals surface area contributed by atoms with Crippen LogP contribution in [0, 0.1) is 5.82 Å². The number of halogens is 1. The summed E-state index contributed by atoms with van der Waals surface area (Å²) < 4.78 is 41.1. The fraction of sp³-hybridized carbons (Fsp3) is 0.154. The third-order valence-electron chi connectivity index (χ3n) is 5.18. The Kier molecular flexibility index (Phi) is 6.86. The Morgan fingerprint density at radius 3 is 2.49 bits per heavy atom. The number of hydrogen-bond donors (Lipinski definition) is 1. The van der Waals surface area contributed by atoms with Crippen molar-refractivity contribution in [2.75, 3.05) is 33.3 Å². The van der Waals surface area contributed by atoms with Crippen LogP contribution in [-0.4, -0.2) is 39.6 Å². The summed E-state index contributed by atoms with van der Waals surface area (Å²) in [7, 11) is 4.48. The number of allylic oxidation sites excluding steroid dienone is 1. The van der Waals surface area contributed by atoms with E-state index in [9.17, 15) is 14.0 Å². The Hall–Kier alpha value is -4.53. The predicted octanol–water partition coefficient (Wildman–Crippen LogP) is 4.49. The molecule has 0 spiro atoms. The molecule has 0 aromatic heterocycles. The summed E-state index contributed by atoms with van der Waals surface area (Å²) in [6, 6.07) is 13.8. The van der Waals surface area contributed by atoms with Gasteiger partial charge >= 0.3 is 0 Å². The van der Waals surface area contributed by atoms with Crippen molar-refractivity contribution in [1.82, 2.24) is 0 Å². The van der Waals surface area contributed by atoms with Crippen LogP contribution in [0.4, 0.5) is 10.1 Å². The highest BCUT2D eigenvalue weighted by Crippen LogP contribution is 2.42. The Bertz CT molecular complexity index is 1320. The Labute approximate surface area is 200 Å². The maximum atomic E-state index is 13.7. The number of anilines is 1. The molecule has 1 heterocycles. The smallest absolute Gasteiger partial charge is 0.262 e. The van der Waals surface area contributed by atoms with E-state index in [1.807, 2.05) is 0 Å². The predicted molar refractivity (Wildman–Crippen MR) is 126 cm³/mol. The number of rotatable bonds is 8. The van der Waals surface area contributed by atoms with Gasteiger partial charge in [0.2, 0.25) is 11.5 Å². The van der Waals surface area contributed by atoms with Crippen LogP contribution in [0.3, 0.4) is 0 Å². The molecule has 1 aliphatic heterocycles. The van der Waals surface area contributed by atoms with E-state index in [1.165, 1.54) is 45.6 Å². The van der Waals surface area contributed by atoms with E-state index in [1.54, 1.807) is 36.4 Å². The van der Waals surface area contributed by atoms with Gasteiger partial charge in [0.1, 0.15) is 17.3 Å². The lowest BCUT2D eigenvalue weighted by atomic mass is 10.1. The van der Waals surface area contributed by atoms with Crippen molar-refractivity contribution in [2.45, 2.75) is 0 Å². The second kappa shape index (κ2) is 10.2. The molecule has 0 fully saturated rings. The van der Waals surface area contributed by atoms with Gasteiger partial charge < -0.3 is 29.0 Å². The van der Waals surface area contributed by atoms with Crippen molar-refractivity contribution in [3.8, 4) is 28.7 Å². The molecule has 0 atom stereocenters. The van der Waals surface area contributed by atoms with Crippen molar-refractivity contribution in [1.29, 1.82) is 0 Å². The van der Waals surface area contributed by atoms with E-state index < -0.39 is 11.7 Å². The van der Waals surface area contributed by atoms with Crippen LogP contribution in [0.15, 0.2) is 60.4 Å². The molecule has 35 heavy (non-hydrogen) atoms. The summed E-state index contributed by atoms with van der Waals surface area (Å²) in [5.41, 5.74) is 0.964. The Balaban J connectivity index is 1.49. The number of Topliss-reactive ketones (excluding diaryl/α,β-unsaturated/α-hetero) is 1. The Morgan fingerprint density at radius 2 is 1.77 bits per heavy atom. The second-order valence-electron chi connectivity index (χ2n) is 7.34. The average molecular weight is 479 g/mol. The molecule has 0 aliphatic carbocycles. The number of hydrogen-bond acceptors (Lipinski definition) is 7. The van der Waals surface area contributed by atoms with Crippen molar-refractivity contribution >= 4 is 23.5 Å². The number of ketones is 1. The number of ether oxygens (including phenoxy) is 5. The van der Waals surface area contributed by atoms with E-state index in [0.29, 0.717) is 34.1 Å². The van der Waals surface area contributed by atoms with Crippen LogP contribution in [0.5, 0.6) is 28.7 Å². The minimum atomic E-state index is -0.546. The summed E-state index contributed by atoms with van der Waals surface area (Å²) in [6.45, 7) is -0.355. The highest BCUT2D eigenvalue weighted by Gasteiger charge is 2.29. The van der Waals surface area contributed by atoms with Gasteiger partial charge in [0.15, 0.2) is 23.9 Å². The topological polar surface area (TPSA) is 92.3 Å². The number of para-hydroxylation sites is 1. The highest BCUT2D eigenvalue weighted by molar-refractivity contribution is 6.14. The number of nitrogens with one attached hydrogen (secondary N) is 1. The maximum absolute atomic E-state index is 13.7. The molecule has 1 aliphatic rings. The minimum Gasteiger partial charge on any atom is -0.493 e. The van der Waals surface area contributed by atoms with Crippen LogP contribution in [0.2, 0.25) is 0 Å². The third kappa shape index (κ3) is 4.89. The van der Waals surface area contributed by atoms with E-state index in [-0.39, 0.29) is 29.6 Å². The number of carbonyl (C=O) groups excluding carboxylic acids is 2. The van der Waals surface area contributed by atoms with E-state index in [4.69, 9.17) is 23.7 Å². The zero-order chi connectivity index (χ0) is 24.9. The molecule has 8 nitrogen and oxygen atoms in total. The third-order valence-corrected chi connectivity index (χ3v) is 5.18. The largest absolute Gasteiger partial charge is 0.493 e. The van der Waals surface area contributed by atoms with Crippen LogP contribution in [0.1, 0.15) is 15.9 Å². The molecule has 0 bridgehead atoms. The minimum absolute atomic E-state index is 0.0596. The standard InChI is InChI=1S/C26H22FNO7/c1-31-20-11-8-15(25(32-2)26(20)33-3)12-22-24(30)17-10-9-16(13-21(17)35-22)34-14-23(29)28-19-7-5-4-6-18(19)27/h4-13H,14H2,1-3H3,(H,28,29). The molecular weight excluding hydrogens is 457 g/mol. The Morgan fingerprint density at radius 1 is 1.00 bits per heavy atom. The fourth-order valence-corrected chi connectivity index (χ4v) is 3.53. The van der Waals surface area contributed by atoms with Gasteiger partial charge in [0.25, 0.3) is 5.91 Å². The van der Waals surface area contributed by atoms with Gasteiger partial charge in [0, 0.05) is 11.6 Å². The normalized spacial score (nSPS) is 13.1. The van der Waals surface area contributed by atoms with Crippen molar-refractivity contribution in [2.24, 2.45) is 0 Å². The fourth-order valence-electron chi connectivity index (χ4n) is 3.53. The lowest BCUT2D eigenvalue weighted by Crippen LogP contribution is -2.20. The highest BCUT2D eigenvalue weighted by atomic mass is 19.1. The van der Waals surface area contributed by atoms with Crippen molar-refractivity contribution in [3.05, 3.63) is 77.3 Å². The number of carbonyl (C=O) groups is 2. The van der Waals surface area contributed by atoms with Crippen LogP contribution in [0.25, 0.3) is 6.08 Å². The molecule has 0 saturated heterocycles. The molecule has 180 valence electrons. The van der Waals surface area contributed by atoms with Gasteiger partial charge in [-0.25, -0.2) is 4.39 Å². The monoisotopic (exact) mass is 479 g/mol. The lowest BCUT2D eigenvalue weighted by molar-refractivity contribution is -0.118. The van der Waals surface area contributed by atoms with E-state index in [2.05, 4.69) is 5.32 Å². The molecule has 9 heteroatoms. The van der Waals surface area contributed by atoms with Crippen LogP contribution >= 0.6 is 0 Å². The summed E-state index contributed by atoms with van der Waals surface area (Å²) in [4.78, 5) is 25.0. The maximum Gasteiger partial charge on any atom is 0.262 e. The summed E-state index contributed by atoms with van der Waals surface area (Å²) >= 11 is 0. The molecule has 0 unspecified atom stereocenters. The van der Waals surface area contributed by atoms with Gasteiger partial charge in [-0.2, -0.15) is 0 Å². The summed E-state index contributed by atoms with van der Waals surface area (Å²) in [6.07, 6.45) is 1.55.